The molecule has 0 aliphatic carbocycles. The summed E-state index contributed by atoms with van der Waals surface area (Å²) in [6, 6.07) is 9.29. The Hall–Kier alpha value is -2.43. The van der Waals surface area contributed by atoms with E-state index in [0.29, 0.717) is 41.5 Å². The van der Waals surface area contributed by atoms with Gasteiger partial charge in [-0.2, -0.15) is 4.31 Å². The van der Waals surface area contributed by atoms with Crippen molar-refractivity contribution < 1.29 is 18.0 Å². The Balaban J connectivity index is 1.58. The summed E-state index contributed by atoms with van der Waals surface area (Å²) in [5.74, 6) is -0.438. The number of amides is 3. The zero-order chi connectivity index (χ0) is 19.4. The largest absolute Gasteiger partial charge is 0.351 e. The lowest BCUT2D eigenvalue weighted by atomic mass is 9.97. The molecule has 0 bridgehead atoms. The van der Waals surface area contributed by atoms with Crippen LogP contribution in [-0.2, 0) is 14.8 Å². The Bertz CT molecular complexity index is 920. The lowest BCUT2D eigenvalue weighted by Crippen LogP contribution is -2.41. The highest BCUT2D eigenvalue weighted by Crippen LogP contribution is 2.27. The van der Waals surface area contributed by atoms with Crippen molar-refractivity contribution in [3.8, 4) is 0 Å². The van der Waals surface area contributed by atoms with Crippen molar-refractivity contribution in [1.29, 1.82) is 0 Å². The van der Waals surface area contributed by atoms with Gasteiger partial charge in [0.15, 0.2) is 0 Å². The van der Waals surface area contributed by atoms with Gasteiger partial charge in [0.2, 0.25) is 5.91 Å². The summed E-state index contributed by atoms with van der Waals surface area (Å²) >= 11 is 1.19. The first kappa shape index (κ1) is 19.3. The van der Waals surface area contributed by atoms with Crippen molar-refractivity contribution in [2.75, 3.05) is 23.7 Å². The van der Waals surface area contributed by atoms with Gasteiger partial charge in [0, 0.05) is 30.4 Å². The second-order valence-corrected chi connectivity index (χ2v) is 9.28. The number of nitrogens with zero attached hydrogens (tertiary/aromatic N) is 1. The summed E-state index contributed by atoms with van der Waals surface area (Å²) in [5.41, 5.74) is 6.11. The molecule has 1 aliphatic rings. The van der Waals surface area contributed by atoms with Gasteiger partial charge in [-0.25, -0.2) is 13.2 Å². The van der Waals surface area contributed by atoms with E-state index in [4.69, 9.17) is 5.73 Å². The van der Waals surface area contributed by atoms with E-state index in [0.717, 1.165) is 0 Å². The molecule has 0 saturated carbocycles. The van der Waals surface area contributed by atoms with Gasteiger partial charge in [-0.1, -0.05) is 12.1 Å². The van der Waals surface area contributed by atoms with Crippen molar-refractivity contribution >= 4 is 44.7 Å². The minimum Gasteiger partial charge on any atom is -0.351 e. The number of thiophene rings is 1. The molecule has 1 aromatic heterocycles. The predicted molar refractivity (Wildman–Crippen MR) is 104 cm³/mol. The second-order valence-electron chi connectivity index (χ2n) is 6.17. The number of urea groups is 1. The Labute approximate surface area is 161 Å². The third kappa shape index (κ3) is 4.65. The molecule has 4 N–H and O–H groups in total. The number of nitrogens with two attached hydrogens (primary N) is 1. The quantitative estimate of drug-likeness (QED) is 0.702. The van der Waals surface area contributed by atoms with Crippen LogP contribution in [0.5, 0.6) is 0 Å². The van der Waals surface area contributed by atoms with Crippen LogP contribution < -0.4 is 16.4 Å². The lowest BCUT2D eigenvalue weighted by molar-refractivity contribution is -0.120. The van der Waals surface area contributed by atoms with Gasteiger partial charge in [-0.3, -0.25) is 4.79 Å². The summed E-state index contributed by atoms with van der Waals surface area (Å²) < 4.78 is 26.8. The molecule has 1 fully saturated rings. The molecule has 2 heterocycles. The van der Waals surface area contributed by atoms with Gasteiger partial charge in [0.1, 0.15) is 4.21 Å². The molecule has 1 saturated heterocycles. The average molecular weight is 409 g/mol. The molecule has 1 aromatic carbocycles. The SMILES string of the molecule is NC(=O)Nc1cccc(NC(=O)C2CCN(S(=O)(=O)c3cccs3)CC2)c1. The maximum Gasteiger partial charge on any atom is 0.316 e. The van der Waals surface area contributed by atoms with Crippen LogP contribution in [0.1, 0.15) is 12.8 Å². The lowest BCUT2D eigenvalue weighted by Gasteiger charge is -2.30. The van der Waals surface area contributed by atoms with Gasteiger partial charge >= 0.3 is 6.03 Å². The van der Waals surface area contributed by atoms with Gasteiger partial charge in [-0.05, 0) is 42.5 Å². The molecule has 1 aliphatic heterocycles. The minimum atomic E-state index is -3.48. The summed E-state index contributed by atoms with van der Waals surface area (Å²) in [6.07, 6.45) is 0.908. The van der Waals surface area contributed by atoms with E-state index in [2.05, 4.69) is 10.6 Å². The predicted octanol–water partition coefficient (Wildman–Crippen LogP) is 2.28. The molecule has 0 spiro atoms. The van der Waals surface area contributed by atoms with E-state index in [1.165, 1.54) is 15.6 Å². The molecule has 0 atom stereocenters. The fourth-order valence-electron chi connectivity index (χ4n) is 2.96. The molecule has 3 rings (SSSR count). The summed E-state index contributed by atoms with van der Waals surface area (Å²) in [7, 11) is -3.48. The highest BCUT2D eigenvalue weighted by atomic mass is 32.2. The third-order valence-corrected chi connectivity index (χ3v) is 7.58. The standard InChI is InChI=1S/C17H20N4O4S2/c18-17(23)20-14-4-1-3-13(11-14)19-16(22)12-6-8-21(9-7-12)27(24,25)15-5-2-10-26-15/h1-5,10-12H,6-9H2,(H,19,22)(H3,18,20,23). The topological polar surface area (TPSA) is 122 Å². The van der Waals surface area contributed by atoms with Crippen LogP contribution in [-0.4, -0.2) is 37.8 Å². The molecule has 0 radical (unpaired) electrons. The number of benzene rings is 1. The fourth-order valence-corrected chi connectivity index (χ4v) is 5.57. The monoisotopic (exact) mass is 408 g/mol. The number of sulfonamides is 1. The zero-order valence-corrected chi connectivity index (χ0v) is 16.1. The zero-order valence-electron chi connectivity index (χ0n) is 14.4. The molecule has 10 heteroatoms. The molecule has 0 unspecified atom stereocenters. The molecular formula is C17H20N4O4S2. The first-order valence-corrected chi connectivity index (χ1v) is 10.7. The van der Waals surface area contributed by atoms with Crippen LogP contribution in [0.4, 0.5) is 16.2 Å². The summed E-state index contributed by atoms with van der Waals surface area (Å²) in [5, 5.41) is 6.99. The molecule has 27 heavy (non-hydrogen) atoms. The van der Waals surface area contributed by atoms with Gasteiger partial charge in [0.25, 0.3) is 10.0 Å². The van der Waals surface area contributed by atoms with E-state index in [1.807, 2.05) is 0 Å². The maximum atomic E-state index is 12.5. The van der Waals surface area contributed by atoms with Crippen LogP contribution in [0.15, 0.2) is 46.0 Å². The molecule has 2 aromatic rings. The second kappa shape index (κ2) is 8.07. The number of nitrogens with one attached hydrogen (secondary N) is 2. The highest BCUT2D eigenvalue weighted by molar-refractivity contribution is 7.91. The molecule has 3 amide bonds. The van der Waals surface area contributed by atoms with E-state index >= 15 is 0 Å². The van der Waals surface area contributed by atoms with Gasteiger partial charge in [0.05, 0.1) is 0 Å². The Morgan fingerprint density at radius 2 is 1.74 bits per heavy atom. The summed E-state index contributed by atoms with van der Waals surface area (Å²) in [4.78, 5) is 23.4. The van der Waals surface area contributed by atoms with Crippen LogP contribution in [0, 0.1) is 5.92 Å². The molecular weight excluding hydrogens is 388 g/mol. The number of anilines is 2. The van der Waals surface area contributed by atoms with Crippen LogP contribution in [0.25, 0.3) is 0 Å². The average Bonchev–Trinajstić information content (AvgIpc) is 3.17. The summed E-state index contributed by atoms with van der Waals surface area (Å²) in [6.45, 7) is 0.614. The number of hydrogen-bond donors (Lipinski definition) is 3. The van der Waals surface area contributed by atoms with E-state index < -0.39 is 16.1 Å². The number of rotatable bonds is 5. The fraction of sp³-hybridized carbons (Fsp3) is 0.294. The highest BCUT2D eigenvalue weighted by Gasteiger charge is 2.32. The van der Waals surface area contributed by atoms with E-state index in [1.54, 1.807) is 41.8 Å². The Morgan fingerprint density at radius 1 is 1.07 bits per heavy atom. The number of carbonyl (C=O) groups excluding carboxylic acids is 2. The smallest absolute Gasteiger partial charge is 0.316 e. The van der Waals surface area contributed by atoms with Gasteiger partial charge in [-0.15, -0.1) is 11.3 Å². The normalized spacial score (nSPS) is 16.0. The van der Waals surface area contributed by atoms with E-state index in [-0.39, 0.29) is 11.8 Å². The van der Waals surface area contributed by atoms with E-state index in [9.17, 15) is 18.0 Å². The maximum absolute atomic E-state index is 12.5. The number of carbonyl (C=O) groups is 2. The first-order valence-electron chi connectivity index (χ1n) is 8.37. The Morgan fingerprint density at radius 3 is 2.33 bits per heavy atom. The van der Waals surface area contributed by atoms with Crippen LogP contribution in [0.2, 0.25) is 0 Å². The van der Waals surface area contributed by atoms with Crippen LogP contribution >= 0.6 is 11.3 Å². The molecule has 8 nitrogen and oxygen atoms in total. The van der Waals surface area contributed by atoms with Crippen molar-refractivity contribution in [3.63, 3.8) is 0 Å². The number of piperidine rings is 1. The van der Waals surface area contributed by atoms with Gasteiger partial charge < -0.3 is 16.4 Å². The van der Waals surface area contributed by atoms with Crippen LogP contribution in [0.3, 0.4) is 0 Å². The van der Waals surface area contributed by atoms with Crippen molar-refractivity contribution in [2.45, 2.75) is 17.1 Å². The van der Waals surface area contributed by atoms with Crippen molar-refractivity contribution in [3.05, 3.63) is 41.8 Å². The number of hydrogen-bond acceptors (Lipinski definition) is 5. The molecule has 144 valence electrons. The van der Waals surface area contributed by atoms with Crippen molar-refractivity contribution in [1.82, 2.24) is 4.31 Å². The third-order valence-electron chi connectivity index (χ3n) is 4.31. The first-order chi connectivity index (χ1) is 12.9. The minimum absolute atomic E-state index is 0.167. The Kier molecular flexibility index (Phi) is 5.78. The van der Waals surface area contributed by atoms with Crippen molar-refractivity contribution in [2.24, 2.45) is 11.7 Å². The number of primary amides is 1.